The van der Waals surface area contributed by atoms with Gasteiger partial charge in [-0.15, -0.1) is 5.10 Å². The van der Waals surface area contributed by atoms with Crippen molar-refractivity contribution in [2.24, 2.45) is 13.0 Å². The Morgan fingerprint density at radius 2 is 2.00 bits per heavy atom. The fourth-order valence-corrected chi connectivity index (χ4v) is 6.51. The topological polar surface area (TPSA) is 102 Å². The van der Waals surface area contributed by atoms with Crippen molar-refractivity contribution in [2.45, 2.75) is 50.2 Å². The van der Waals surface area contributed by atoms with Crippen molar-refractivity contribution < 1.29 is 17.5 Å². The van der Waals surface area contributed by atoms with Crippen LogP contribution in [-0.2, 0) is 21.8 Å². The van der Waals surface area contributed by atoms with Crippen molar-refractivity contribution in [1.82, 2.24) is 24.7 Å². The van der Waals surface area contributed by atoms with Gasteiger partial charge in [0.05, 0.1) is 25.2 Å². The molecule has 1 saturated carbocycles. The smallest absolute Gasteiger partial charge is 0.208 e. The summed E-state index contributed by atoms with van der Waals surface area (Å²) in [5, 5.41) is 13.2. The zero-order valence-corrected chi connectivity index (χ0v) is 21.5. The van der Waals surface area contributed by atoms with Gasteiger partial charge in [0.2, 0.25) is 10.0 Å². The first kappa shape index (κ1) is 25.0. The van der Waals surface area contributed by atoms with Crippen LogP contribution in [0.25, 0.3) is 10.9 Å². The first-order chi connectivity index (χ1) is 17.3. The molecule has 1 aliphatic carbocycles. The van der Waals surface area contributed by atoms with Crippen LogP contribution in [-0.4, -0.2) is 66.5 Å². The number of hydrogen-bond donors (Lipinski definition) is 1. The highest BCUT2D eigenvalue weighted by atomic mass is 32.2. The number of aromatic nitrogens is 4. The third-order valence-corrected chi connectivity index (χ3v) is 8.21. The molecule has 0 radical (unpaired) electrons. The van der Waals surface area contributed by atoms with Gasteiger partial charge in [0.25, 0.3) is 0 Å². The highest BCUT2D eigenvalue weighted by Crippen LogP contribution is 2.36. The largest absolute Gasteiger partial charge is 0.378 e. The van der Waals surface area contributed by atoms with Gasteiger partial charge >= 0.3 is 0 Å². The van der Waals surface area contributed by atoms with E-state index in [2.05, 4.69) is 31.0 Å². The van der Waals surface area contributed by atoms with Gasteiger partial charge in [-0.3, -0.25) is 4.68 Å². The number of hydrogen-bond acceptors (Lipinski definition) is 7. The third kappa shape index (κ3) is 5.68. The first-order valence-electron chi connectivity index (χ1n) is 12.5. The Morgan fingerprint density at radius 1 is 1.19 bits per heavy atom. The number of ether oxygens (including phenoxy) is 1. The fourth-order valence-electron chi connectivity index (χ4n) is 5.65. The molecule has 0 bridgehead atoms. The van der Waals surface area contributed by atoms with Crippen LogP contribution >= 0.6 is 0 Å². The Bertz CT molecular complexity index is 1290. The average Bonchev–Trinajstić information content (AvgIpc) is 3.24. The first-order valence-corrected chi connectivity index (χ1v) is 14.4. The van der Waals surface area contributed by atoms with Gasteiger partial charge in [-0.05, 0) is 67.9 Å². The molecule has 0 amide bonds. The summed E-state index contributed by atoms with van der Waals surface area (Å²) in [6, 6.07) is 7.30. The quantitative estimate of drug-likeness (QED) is 0.515. The normalized spacial score (nSPS) is 25.4. The van der Waals surface area contributed by atoms with Gasteiger partial charge < -0.3 is 9.64 Å². The zero-order chi connectivity index (χ0) is 25.3. The number of fused-ring (bicyclic) bond motifs is 1. The molecule has 194 valence electrons. The van der Waals surface area contributed by atoms with E-state index in [1.807, 2.05) is 12.1 Å². The number of nitrogens with one attached hydrogen (secondary N) is 1. The number of aryl methyl sites for hydroxylation is 1. The third-order valence-electron chi connectivity index (χ3n) is 7.48. The Labute approximate surface area is 211 Å². The number of rotatable bonds is 7. The Kier molecular flexibility index (Phi) is 7.23. The second kappa shape index (κ2) is 10.4. The van der Waals surface area contributed by atoms with E-state index < -0.39 is 10.0 Å². The summed E-state index contributed by atoms with van der Waals surface area (Å²) < 4.78 is 49.3. The van der Waals surface area contributed by atoms with Gasteiger partial charge in [-0.2, -0.15) is 10.2 Å². The lowest BCUT2D eigenvalue weighted by Crippen LogP contribution is -2.52. The molecule has 2 fully saturated rings. The molecule has 2 aliphatic rings. The number of benzene rings is 1. The summed E-state index contributed by atoms with van der Waals surface area (Å²) in [6.07, 6.45) is 8.98. The monoisotopic (exact) mass is 516 g/mol. The molecule has 9 nitrogen and oxygen atoms in total. The predicted molar refractivity (Wildman–Crippen MR) is 136 cm³/mol. The molecule has 1 N–H and O–H groups in total. The molecule has 1 aromatic carbocycles. The number of nitrogens with zero attached hydrogens (tertiary/aromatic N) is 5. The maximum absolute atomic E-state index is 14.7. The summed E-state index contributed by atoms with van der Waals surface area (Å²) in [5.74, 6) is 0.856. The van der Waals surface area contributed by atoms with Crippen molar-refractivity contribution in [3.63, 3.8) is 0 Å². The van der Waals surface area contributed by atoms with Gasteiger partial charge in [-0.1, -0.05) is 0 Å². The fraction of sp³-hybridized carbons (Fsp3) is 0.560. The molecule has 1 aliphatic heterocycles. The van der Waals surface area contributed by atoms with Crippen LogP contribution in [0, 0.1) is 11.7 Å². The number of sulfonamides is 1. The van der Waals surface area contributed by atoms with E-state index in [1.165, 1.54) is 6.26 Å². The molecule has 36 heavy (non-hydrogen) atoms. The molecule has 1 saturated heterocycles. The Balaban J connectivity index is 1.20. The maximum Gasteiger partial charge on any atom is 0.208 e. The summed E-state index contributed by atoms with van der Waals surface area (Å²) in [6.45, 7) is 1.81. The van der Waals surface area contributed by atoms with Crippen molar-refractivity contribution in [2.75, 3.05) is 30.9 Å². The van der Waals surface area contributed by atoms with E-state index in [9.17, 15) is 12.8 Å². The zero-order valence-electron chi connectivity index (χ0n) is 20.7. The van der Waals surface area contributed by atoms with E-state index >= 15 is 0 Å². The molecule has 3 aromatic rings. The van der Waals surface area contributed by atoms with Crippen molar-refractivity contribution >= 4 is 26.7 Å². The minimum absolute atomic E-state index is 0.00436. The van der Waals surface area contributed by atoms with E-state index in [1.54, 1.807) is 30.2 Å². The summed E-state index contributed by atoms with van der Waals surface area (Å²) in [5.41, 5.74) is 1.56. The lowest BCUT2D eigenvalue weighted by Gasteiger charge is -2.39. The molecule has 11 heteroatoms. The maximum atomic E-state index is 14.7. The van der Waals surface area contributed by atoms with Crippen molar-refractivity contribution in [1.29, 1.82) is 0 Å². The van der Waals surface area contributed by atoms with E-state index in [0.29, 0.717) is 37.6 Å². The van der Waals surface area contributed by atoms with Crippen molar-refractivity contribution in [3.8, 4) is 0 Å². The van der Waals surface area contributed by atoms with E-state index in [0.717, 1.165) is 42.5 Å². The molecule has 2 aromatic heterocycles. The number of anilines is 1. The molecule has 2 atom stereocenters. The Hall–Kier alpha value is -2.63. The van der Waals surface area contributed by atoms with Gasteiger partial charge in [-0.25, -0.2) is 17.5 Å². The molecular weight excluding hydrogens is 483 g/mol. The van der Waals surface area contributed by atoms with E-state index in [4.69, 9.17) is 4.74 Å². The summed E-state index contributed by atoms with van der Waals surface area (Å²) in [7, 11) is -1.57. The highest BCUT2D eigenvalue weighted by molar-refractivity contribution is 7.88. The van der Waals surface area contributed by atoms with Gasteiger partial charge in [0.15, 0.2) is 5.82 Å². The Morgan fingerprint density at radius 3 is 2.72 bits per heavy atom. The molecule has 3 heterocycles. The van der Waals surface area contributed by atoms with Crippen LogP contribution in [0.2, 0.25) is 0 Å². The van der Waals surface area contributed by atoms with Gasteiger partial charge in [0, 0.05) is 43.7 Å². The van der Waals surface area contributed by atoms with Crippen LogP contribution in [0.5, 0.6) is 0 Å². The minimum atomic E-state index is -3.33. The van der Waals surface area contributed by atoms with Crippen LogP contribution in [0.3, 0.4) is 0 Å². The lowest BCUT2D eigenvalue weighted by atomic mass is 9.82. The minimum Gasteiger partial charge on any atom is -0.378 e. The predicted octanol–water partition coefficient (Wildman–Crippen LogP) is 2.99. The molecule has 5 rings (SSSR count). The second-order valence-corrected chi connectivity index (χ2v) is 11.9. The van der Waals surface area contributed by atoms with Crippen LogP contribution in [0.4, 0.5) is 10.2 Å². The number of halogens is 1. The molecule has 0 unspecified atom stereocenters. The standard InChI is InChI=1S/C25H33FN6O3S/c1-31-25-19(14-28-31)12-18(13-22(25)26)17-5-7-21(8-6-17)35-16-20-15-32(24-4-3-10-27-29-24)11-9-23(20)30-36(2,33)34/h3-4,10,12-14,17,20-21,23,30H,5-9,11,15-16H2,1-2H3/t17?,20-,21?,23-/m0/s1. The SMILES string of the molecule is Cn1ncc2cc(C3CCC(OC[C@@H]4CN(c5cccnn5)CC[C@@H]4NS(C)(=O)=O)CC3)cc(F)c21. The lowest BCUT2D eigenvalue weighted by molar-refractivity contribution is -0.00214. The molecule has 0 spiro atoms. The highest BCUT2D eigenvalue weighted by Gasteiger charge is 2.33. The van der Waals surface area contributed by atoms with Crippen LogP contribution in [0.1, 0.15) is 43.6 Å². The van der Waals surface area contributed by atoms with Crippen molar-refractivity contribution in [3.05, 3.63) is 48.0 Å². The number of piperidine rings is 1. The van der Waals surface area contributed by atoms with Crippen LogP contribution < -0.4 is 9.62 Å². The van der Waals surface area contributed by atoms with E-state index in [-0.39, 0.29) is 23.9 Å². The molecular formula is C25H33FN6O3S. The second-order valence-electron chi connectivity index (χ2n) is 10.1. The van der Waals surface area contributed by atoms with Crippen LogP contribution in [0.15, 0.2) is 36.7 Å². The summed E-state index contributed by atoms with van der Waals surface area (Å²) >= 11 is 0. The average molecular weight is 517 g/mol. The van der Waals surface area contributed by atoms with Gasteiger partial charge in [0.1, 0.15) is 11.3 Å². The summed E-state index contributed by atoms with van der Waals surface area (Å²) in [4.78, 5) is 2.14.